The van der Waals surface area contributed by atoms with Crippen LogP contribution in [0.15, 0.2) is 24.3 Å². The van der Waals surface area contributed by atoms with Gasteiger partial charge in [-0.05, 0) is 43.5 Å². The van der Waals surface area contributed by atoms with Crippen molar-refractivity contribution >= 4 is 18.3 Å². The Morgan fingerprint density at radius 2 is 2.22 bits per heavy atom. The maximum Gasteiger partial charge on any atom is 0.220 e. The van der Waals surface area contributed by atoms with E-state index in [-0.39, 0.29) is 18.3 Å². The van der Waals surface area contributed by atoms with Crippen molar-refractivity contribution in [2.45, 2.75) is 26.3 Å². The van der Waals surface area contributed by atoms with Crippen molar-refractivity contribution in [1.29, 1.82) is 0 Å². The molecule has 0 saturated carbocycles. The van der Waals surface area contributed by atoms with Gasteiger partial charge in [0, 0.05) is 13.0 Å². The topological polar surface area (TPSA) is 41.1 Å². The fraction of sp³-hybridized carbons (Fsp3) is 0.500. The number of carbonyl (C=O) groups excluding carboxylic acids is 1. The molecule has 1 fully saturated rings. The summed E-state index contributed by atoms with van der Waals surface area (Å²) in [7, 11) is 0. The lowest BCUT2D eigenvalue weighted by molar-refractivity contribution is -0.122. The second-order valence-electron chi connectivity index (χ2n) is 4.77. The first-order valence-electron chi connectivity index (χ1n) is 6.27. The zero-order valence-electron chi connectivity index (χ0n) is 10.7. The number of carbonyl (C=O) groups is 1. The van der Waals surface area contributed by atoms with Crippen LogP contribution in [0.2, 0.25) is 0 Å². The molecule has 3 nitrogen and oxygen atoms in total. The van der Waals surface area contributed by atoms with Crippen molar-refractivity contribution in [2.75, 3.05) is 13.1 Å². The number of amides is 1. The van der Waals surface area contributed by atoms with Crippen LogP contribution >= 0.6 is 12.4 Å². The molecule has 2 rings (SSSR count). The molecule has 1 aromatic rings. The molecule has 1 heterocycles. The Bertz CT molecular complexity index is 389. The first kappa shape index (κ1) is 15.0. The summed E-state index contributed by atoms with van der Waals surface area (Å²) in [4.78, 5) is 11.7. The average Bonchev–Trinajstić information content (AvgIpc) is 2.81. The Hall–Kier alpha value is -1.06. The third kappa shape index (κ3) is 4.31. The molecule has 1 aliphatic rings. The van der Waals surface area contributed by atoms with Crippen LogP contribution in [-0.4, -0.2) is 19.0 Å². The molecule has 1 unspecified atom stereocenters. The minimum absolute atomic E-state index is 0. The smallest absolute Gasteiger partial charge is 0.220 e. The number of halogens is 1. The second-order valence-corrected chi connectivity index (χ2v) is 4.77. The summed E-state index contributed by atoms with van der Waals surface area (Å²) < 4.78 is 0. The highest BCUT2D eigenvalue weighted by molar-refractivity contribution is 5.85. The van der Waals surface area contributed by atoms with E-state index in [9.17, 15) is 4.79 Å². The normalized spacial score (nSPS) is 18.2. The highest BCUT2D eigenvalue weighted by Crippen LogP contribution is 2.12. The second kappa shape index (κ2) is 7.39. The predicted octanol–water partition coefficient (Wildman–Crippen LogP) is 2.03. The highest BCUT2D eigenvalue weighted by atomic mass is 35.5. The lowest BCUT2D eigenvalue weighted by Gasteiger charge is -2.10. The van der Waals surface area contributed by atoms with E-state index in [0.717, 1.165) is 19.5 Å². The number of hydrogen-bond acceptors (Lipinski definition) is 2. The van der Waals surface area contributed by atoms with Crippen LogP contribution in [0.5, 0.6) is 0 Å². The van der Waals surface area contributed by atoms with Gasteiger partial charge in [0.15, 0.2) is 0 Å². The predicted molar refractivity (Wildman–Crippen MR) is 75.9 cm³/mol. The van der Waals surface area contributed by atoms with Crippen molar-refractivity contribution in [2.24, 2.45) is 5.92 Å². The van der Waals surface area contributed by atoms with Gasteiger partial charge in [-0.1, -0.05) is 24.3 Å². The molecule has 100 valence electrons. The van der Waals surface area contributed by atoms with Crippen molar-refractivity contribution in [3.05, 3.63) is 35.4 Å². The minimum atomic E-state index is 0. The molecular weight excluding hydrogens is 248 g/mol. The maximum atomic E-state index is 11.7. The number of rotatable bonds is 4. The Balaban J connectivity index is 0.00000162. The number of benzene rings is 1. The molecule has 1 saturated heterocycles. The summed E-state index contributed by atoms with van der Waals surface area (Å²) in [5.41, 5.74) is 2.43. The molecule has 2 N–H and O–H groups in total. The average molecular weight is 269 g/mol. The van der Waals surface area contributed by atoms with Crippen molar-refractivity contribution in [3.63, 3.8) is 0 Å². The number of aryl methyl sites for hydroxylation is 1. The van der Waals surface area contributed by atoms with E-state index in [4.69, 9.17) is 0 Å². The van der Waals surface area contributed by atoms with Gasteiger partial charge in [-0.3, -0.25) is 4.79 Å². The van der Waals surface area contributed by atoms with Crippen molar-refractivity contribution < 1.29 is 4.79 Å². The Kier molecular flexibility index (Phi) is 6.16. The van der Waals surface area contributed by atoms with Crippen LogP contribution in [0.25, 0.3) is 0 Å². The van der Waals surface area contributed by atoms with Crippen LogP contribution in [-0.2, 0) is 11.3 Å². The van der Waals surface area contributed by atoms with Gasteiger partial charge in [0.05, 0.1) is 0 Å². The third-order valence-electron chi connectivity index (χ3n) is 3.37. The number of nitrogens with one attached hydrogen (secondary N) is 2. The molecule has 1 atom stereocenters. The van der Waals surface area contributed by atoms with Gasteiger partial charge >= 0.3 is 0 Å². The van der Waals surface area contributed by atoms with Gasteiger partial charge in [0.1, 0.15) is 0 Å². The van der Waals surface area contributed by atoms with E-state index in [1.807, 2.05) is 12.1 Å². The first-order valence-corrected chi connectivity index (χ1v) is 6.27. The molecule has 0 aromatic heterocycles. The van der Waals surface area contributed by atoms with Crippen molar-refractivity contribution in [3.8, 4) is 0 Å². The molecular formula is C14H21ClN2O. The van der Waals surface area contributed by atoms with Gasteiger partial charge in [-0.25, -0.2) is 0 Å². The molecule has 0 spiro atoms. The van der Waals surface area contributed by atoms with E-state index >= 15 is 0 Å². The minimum Gasteiger partial charge on any atom is -0.352 e. The van der Waals surface area contributed by atoms with E-state index < -0.39 is 0 Å². The summed E-state index contributed by atoms with van der Waals surface area (Å²) in [5.74, 6) is 0.689. The SMILES string of the molecule is Cc1ccccc1CNC(=O)CC1CCNC1.Cl. The Labute approximate surface area is 115 Å². The van der Waals surface area contributed by atoms with Crippen LogP contribution in [0.4, 0.5) is 0 Å². The Morgan fingerprint density at radius 3 is 2.89 bits per heavy atom. The maximum absolute atomic E-state index is 11.7. The number of hydrogen-bond donors (Lipinski definition) is 2. The van der Waals surface area contributed by atoms with E-state index in [1.54, 1.807) is 0 Å². The summed E-state index contributed by atoms with van der Waals surface area (Å²) in [6.07, 6.45) is 1.77. The van der Waals surface area contributed by atoms with Crippen LogP contribution < -0.4 is 10.6 Å². The molecule has 4 heteroatoms. The molecule has 0 radical (unpaired) electrons. The van der Waals surface area contributed by atoms with Crippen molar-refractivity contribution in [1.82, 2.24) is 10.6 Å². The van der Waals surface area contributed by atoms with Crippen LogP contribution in [0.1, 0.15) is 24.0 Å². The monoisotopic (exact) mass is 268 g/mol. The van der Waals surface area contributed by atoms with Crippen LogP contribution in [0.3, 0.4) is 0 Å². The summed E-state index contributed by atoms with van der Waals surface area (Å²) in [5, 5.41) is 6.28. The fourth-order valence-electron chi connectivity index (χ4n) is 2.23. The molecule has 1 amide bonds. The van der Waals surface area contributed by atoms with Gasteiger partial charge in [0.25, 0.3) is 0 Å². The molecule has 1 aromatic carbocycles. The fourth-order valence-corrected chi connectivity index (χ4v) is 2.23. The third-order valence-corrected chi connectivity index (χ3v) is 3.37. The zero-order valence-corrected chi connectivity index (χ0v) is 11.6. The lowest BCUT2D eigenvalue weighted by Crippen LogP contribution is -2.26. The summed E-state index contributed by atoms with van der Waals surface area (Å²) in [6.45, 7) is 4.75. The Morgan fingerprint density at radius 1 is 1.44 bits per heavy atom. The molecule has 18 heavy (non-hydrogen) atoms. The summed E-state index contributed by atoms with van der Waals surface area (Å²) in [6, 6.07) is 8.16. The van der Waals surface area contributed by atoms with Crippen LogP contribution in [0, 0.1) is 12.8 Å². The van der Waals surface area contributed by atoms with Gasteiger partial charge in [0.2, 0.25) is 5.91 Å². The van der Waals surface area contributed by atoms with Gasteiger partial charge < -0.3 is 10.6 Å². The molecule has 0 aliphatic carbocycles. The standard InChI is InChI=1S/C14H20N2O.ClH/c1-11-4-2-3-5-13(11)10-16-14(17)8-12-6-7-15-9-12;/h2-5,12,15H,6-10H2,1H3,(H,16,17);1H. The van der Waals surface area contributed by atoms with Gasteiger partial charge in [-0.15, -0.1) is 12.4 Å². The van der Waals surface area contributed by atoms with E-state index in [2.05, 4.69) is 29.7 Å². The largest absolute Gasteiger partial charge is 0.352 e. The van der Waals surface area contributed by atoms with E-state index in [0.29, 0.717) is 18.9 Å². The van der Waals surface area contributed by atoms with E-state index in [1.165, 1.54) is 11.1 Å². The highest BCUT2D eigenvalue weighted by Gasteiger charge is 2.17. The summed E-state index contributed by atoms with van der Waals surface area (Å²) >= 11 is 0. The molecule has 1 aliphatic heterocycles. The zero-order chi connectivity index (χ0) is 12.1. The first-order chi connectivity index (χ1) is 8.25. The quantitative estimate of drug-likeness (QED) is 0.877. The van der Waals surface area contributed by atoms with Gasteiger partial charge in [-0.2, -0.15) is 0 Å². The molecule has 0 bridgehead atoms. The lowest BCUT2D eigenvalue weighted by atomic mass is 10.0.